The number of aryl methyl sites for hydroxylation is 2. The van der Waals surface area contributed by atoms with E-state index in [1.807, 2.05) is 16.8 Å². The Bertz CT molecular complexity index is 881. The molecular formula is C20H24N4OS. The van der Waals surface area contributed by atoms with Gasteiger partial charge in [0.05, 0.1) is 6.54 Å². The molecule has 0 unspecified atom stereocenters. The number of rotatable bonds is 8. The summed E-state index contributed by atoms with van der Waals surface area (Å²) in [6.45, 7) is 5.45. The van der Waals surface area contributed by atoms with Gasteiger partial charge in [0.15, 0.2) is 5.82 Å². The van der Waals surface area contributed by atoms with Gasteiger partial charge in [-0.2, -0.15) is 5.10 Å². The van der Waals surface area contributed by atoms with E-state index in [-0.39, 0.29) is 0 Å². The summed E-state index contributed by atoms with van der Waals surface area (Å²) in [5.74, 6) is 1.79. The Morgan fingerprint density at radius 3 is 2.46 bits per heavy atom. The highest BCUT2D eigenvalue weighted by Crippen LogP contribution is 2.15. The van der Waals surface area contributed by atoms with E-state index in [4.69, 9.17) is 17.0 Å². The molecule has 0 aliphatic heterocycles. The van der Waals surface area contributed by atoms with Crippen molar-refractivity contribution in [2.24, 2.45) is 0 Å². The molecule has 0 radical (unpaired) electrons. The average molecular weight is 369 g/mol. The zero-order chi connectivity index (χ0) is 18.4. The lowest BCUT2D eigenvalue weighted by Gasteiger charge is -2.11. The normalized spacial score (nSPS) is 10.7. The lowest BCUT2D eigenvalue weighted by atomic mass is 10.2. The number of ether oxygens (including phenoxy) is 1. The number of H-pyrrole nitrogens is 1. The molecule has 0 aliphatic carbocycles. The van der Waals surface area contributed by atoms with E-state index in [0.29, 0.717) is 17.9 Å². The summed E-state index contributed by atoms with van der Waals surface area (Å²) in [6, 6.07) is 16.5. The van der Waals surface area contributed by atoms with Crippen molar-refractivity contribution in [3.05, 3.63) is 75.8 Å². The first-order chi connectivity index (χ1) is 12.7. The van der Waals surface area contributed by atoms with Gasteiger partial charge in [0.2, 0.25) is 4.77 Å². The third-order valence-electron chi connectivity index (χ3n) is 4.11. The minimum atomic E-state index is 0.572. The van der Waals surface area contributed by atoms with Crippen LogP contribution >= 0.6 is 12.2 Å². The minimum Gasteiger partial charge on any atom is -0.489 e. The van der Waals surface area contributed by atoms with E-state index >= 15 is 0 Å². The van der Waals surface area contributed by atoms with Crippen LogP contribution in [-0.4, -0.2) is 14.9 Å². The van der Waals surface area contributed by atoms with Crippen LogP contribution in [0.25, 0.3) is 0 Å². The van der Waals surface area contributed by atoms with Crippen LogP contribution in [0.5, 0.6) is 5.75 Å². The number of benzene rings is 2. The van der Waals surface area contributed by atoms with E-state index in [1.165, 1.54) is 11.1 Å². The lowest BCUT2D eigenvalue weighted by Crippen LogP contribution is -2.17. The first kappa shape index (κ1) is 18.2. The molecule has 0 saturated carbocycles. The summed E-state index contributed by atoms with van der Waals surface area (Å²) in [7, 11) is 0. The van der Waals surface area contributed by atoms with Crippen molar-refractivity contribution in [3.8, 4) is 5.75 Å². The van der Waals surface area contributed by atoms with Crippen molar-refractivity contribution in [2.45, 2.75) is 39.8 Å². The van der Waals surface area contributed by atoms with Gasteiger partial charge in [-0.1, -0.05) is 48.9 Å². The molecule has 6 heteroatoms. The highest BCUT2D eigenvalue weighted by atomic mass is 32.1. The first-order valence-electron chi connectivity index (χ1n) is 8.83. The highest BCUT2D eigenvalue weighted by molar-refractivity contribution is 7.71. The second-order valence-electron chi connectivity index (χ2n) is 6.28. The van der Waals surface area contributed by atoms with Crippen molar-refractivity contribution < 1.29 is 4.74 Å². The fraction of sp³-hybridized carbons (Fsp3) is 0.300. The molecule has 0 amide bonds. The summed E-state index contributed by atoms with van der Waals surface area (Å²) in [6.07, 6.45) is 1.90. The summed E-state index contributed by atoms with van der Waals surface area (Å²) in [5, 5.41) is 7.09. The van der Waals surface area contributed by atoms with Gasteiger partial charge in [0, 0.05) is 6.42 Å². The van der Waals surface area contributed by atoms with Gasteiger partial charge in [0.25, 0.3) is 0 Å². The summed E-state index contributed by atoms with van der Waals surface area (Å²) >= 11 is 5.27. The van der Waals surface area contributed by atoms with Crippen molar-refractivity contribution in [2.75, 3.05) is 5.43 Å². The molecule has 3 rings (SSSR count). The lowest BCUT2D eigenvalue weighted by molar-refractivity contribution is 0.306. The molecular weight excluding hydrogens is 344 g/mol. The maximum Gasteiger partial charge on any atom is 0.214 e. The van der Waals surface area contributed by atoms with Crippen LogP contribution in [-0.2, 0) is 19.6 Å². The number of nitrogens with one attached hydrogen (secondary N) is 2. The second kappa shape index (κ2) is 8.67. The van der Waals surface area contributed by atoms with Gasteiger partial charge < -0.3 is 10.2 Å². The molecule has 0 saturated heterocycles. The molecule has 0 spiro atoms. The Morgan fingerprint density at radius 2 is 1.77 bits per heavy atom. The van der Waals surface area contributed by atoms with E-state index in [2.05, 4.69) is 65.9 Å². The molecule has 1 aromatic heterocycles. The smallest absolute Gasteiger partial charge is 0.214 e. The summed E-state index contributed by atoms with van der Waals surface area (Å²) in [4.78, 5) is 0. The van der Waals surface area contributed by atoms with E-state index in [1.54, 1.807) is 0 Å². The van der Waals surface area contributed by atoms with Gasteiger partial charge >= 0.3 is 0 Å². The van der Waals surface area contributed by atoms with Gasteiger partial charge in [-0.05, 0) is 48.8 Å². The fourth-order valence-corrected chi connectivity index (χ4v) is 2.82. The summed E-state index contributed by atoms with van der Waals surface area (Å²) in [5.41, 5.74) is 6.90. The molecule has 2 aromatic carbocycles. The quantitative estimate of drug-likeness (QED) is 0.574. The Morgan fingerprint density at radius 1 is 1.08 bits per heavy atom. The predicted molar refractivity (Wildman–Crippen MR) is 106 cm³/mol. The van der Waals surface area contributed by atoms with Crippen LogP contribution in [0.2, 0.25) is 0 Å². The number of nitrogens with zero attached hydrogens (tertiary/aromatic N) is 2. The SMILES string of the molecule is CCCc1n[nH]c(=S)n1NCc1ccc(OCc2ccc(C)cc2)cc1. The van der Waals surface area contributed by atoms with Crippen LogP contribution in [0, 0.1) is 11.7 Å². The molecule has 0 aliphatic rings. The second-order valence-corrected chi connectivity index (χ2v) is 6.67. The molecule has 0 atom stereocenters. The van der Waals surface area contributed by atoms with E-state index in [9.17, 15) is 0 Å². The van der Waals surface area contributed by atoms with Crippen LogP contribution < -0.4 is 10.2 Å². The molecule has 0 bridgehead atoms. The zero-order valence-corrected chi connectivity index (χ0v) is 16.0. The molecule has 26 heavy (non-hydrogen) atoms. The fourth-order valence-electron chi connectivity index (χ4n) is 2.61. The third-order valence-corrected chi connectivity index (χ3v) is 4.38. The maximum atomic E-state index is 5.85. The van der Waals surface area contributed by atoms with Gasteiger partial charge in [0.1, 0.15) is 12.4 Å². The van der Waals surface area contributed by atoms with E-state index in [0.717, 1.165) is 30.0 Å². The monoisotopic (exact) mass is 368 g/mol. The number of aromatic nitrogens is 3. The van der Waals surface area contributed by atoms with Gasteiger partial charge in [-0.15, -0.1) is 0 Å². The molecule has 3 aromatic rings. The maximum absolute atomic E-state index is 5.85. The topological polar surface area (TPSA) is 54.9 Å². The number of aromatic amines is 1. The Kier molecular flexibility index (Phi) is 6.07. The predicted octanol–water partition coefficient (Wildman–Crippen LogP) is 4.52. The molecule has 5 nitrogen and oxygen atoms in total. The third kappa shape index (κ3) is 4.73. The molecule has 136 valence electrons. The van der Waals surface area contributed by atoms with Crippen LogP contribution in [0.15, 0.2) is 48.5 Å². The Labute approximate surface area is 159 Å². The van der Waals surface area contributed by atoms with Crippen LogP contribution in [0.3, 0.4) is 0 Å². The molecule has 1 heterocycles. The zero-order valence-electron chi connectivity index (χ0n) is 15.2. The van der Waals surface area contributed by atoms with Crippen LogP contribution in [0.4, 0.5) is 0 Å². The van der Waals surface area contributed by atoms with Gasteiger partial charge in [-0.25, -0.2) is 4.68 Å². The standard InChI is InChI=1S/C20H24N4OS/c1-3-4-19-22-23-20(26)24(19)21-13-16-9-11-18(12-10-16)25-14-17-7-5-15(2)6-8-17/h5-12,21H,3-4,13-14H2,1-2H3,(H,23,26). The van der Waals surface area contributed by atoms with Crippen molar-refractivity contribution >= 4 is 12.2 Å². The number of hydrogen-bond acceptors (Lipinski definition) is 4. The number of hydrogen-bond donors (Lipinski definition) is 2. The van der Waals surface area contributed by atoms with Gasteiger partial charge in [-0.3, -0.25) is 5.10 Å². The average Bonchev–Trinajstić information content (AvgIpc) is 3.00. The minimum absolute atomic E-state index is 0.572. The largest absolute Gasteiger partial charge is 0.489 e. The molecule has 0 fully saturated rings. The Hall–Kier alpha value is -2.60. The van der Waals surface area contributed by atoms with Crippen molar-refractivity contribution in [3.63, 3.8) is 0 Å². The highest BCUT2D eigenvalue weighted by Gasteiger charge is 2.05. The van der Waals surface area contributed by atoms with Crippen LogP contribution in [0.1, 0.15) is 35.9 Å². The molecule has 2 N–H and O–H groups in total. The first-order valence-corrected chi connectivity index (χ1v) is 9.24. The summed E-state index contributed by atoms with van der Waals surface area (Å²) < 4.78 is 8.29. The Balaban J connectivity index is 1.55. The van der Waals surface area contributed by atoms with Crippen molar-refractivity contribution in [1.29, 1.82) is 0 Å². The van der Waals surface area contributed by atoms with E-state index < -0.39 is 0 Å². The van der Waals surface area contributed by atoms with Crippen molar-refractivity contribution in [1.82, 2.24) is 14.9 Å².